The summed E-state index contributed by atoms with van der Waals surface area (Å²) in [6.45, 7) is 0.0716. The van der Waals surface area contributed by atoms with Crippen LogP contribution in [0.5, 0.6) is 11.5 Å². The van der Waals surface area contributed by atoms with E-state index < -0.39 is 5.97 Å². The summed E-state index contributed by atoms with van der Waals surface area (Å²) in [6.07, 6.45) is 3.46. The highest BCUT2D eigenvalue weighted by molar-refractivity contribution is 6.30. The Hall–Kier alpha value is -2.99. The molecule has 7 heteroatoms. The Morgan fingerprint density at radius 2 is 1.75 bits per heavy atom. The Morgan fingerprint density at radius 1 is 1.04 bits per heavy atom. The fourth-order valence-corrected chi connectivity index (χ4v) is 2.48. The molecule has 0 saturated heterocycles. The van der Waals surface area contributed by atoms with Crippen LogP contribution in [0.3, 0.4) is 0 Å². The van der Waals surface area contributed by atoms with Crippen molar-refractivity contribution in [3.05, 3.63) is 64.7 Å². The number of rotatable bonds is 9. The molecule has 1 amide bonds. The van der Waals surface area contributed by atoms with Crippen molar-refractivity contribution in [3.63, 3.8) is 0 Å². The molecule has 28 heavy (non-hydrogen) atoms. The van der Waals surface area contributed by atoms with Crippen LogP contribution in [0, 0.1) is 0 Å². The molecule has 0 spiro atoms. The van der Waals surface area contributed by atoms with Crippen LogP contribution in [-0.2, 0) is 20.7 Å². The molecule has 6 nitrogen and oxygen atoms in total. The van der Waals surface area contributed by atoms with Crippen LogP contribution in [0.1, 0.15) is 11.1 Å². The van der Waals surface area contributed by atoms with E-state index in [0.717, 1.165) is 11.1 Å². The molecule has 0 saturated carbocycles. The summed E-state index contributed by atoms with van der Waals surface area (Å²) in [4.78, 5) is 23.5. The van der Waals surface area contributed by atoms with E-state index in [4.69, 9.17) is 25.8 Å². The number of esters is 1. The lowest BCUT2D eigenvalue weighted by atomic mass is 10.1. The molecule has 0 bridgehead atoms. The SMILES string of the molecule is COc1ccc(CCNC(=O)COC(=O)/C=C/c2ccc(Cl)cc2)cc1OC. The summed E-state index contributed by atoms with van der Waals surface area (Å²) in [5, 5.41) is 3.32. The Balaban J connectivity index is 1.71. The number of methoxy groups -OCH3 is 2. The Kier molecular flexibility index (Phi) is 8.37. The number of carbonyl (C=O) groups is 2. The number of benzene rings is 2. The summed E-state index contributed by atoms with van der Waals surface area (Å²) in [6, 6.07) is 12.5. The molecule has 0 aliphatic carbocycles. The first kappa shape index (κ1) is 21.3. The number of hydrogen-bond acceptors (Lipinski definition) is 5. The van der Waals surface area contributed by atoms with Crippen molar-refractivity contribution in [1.29, 1.82) is 0 Å². The van der Waals surface area contributed by atoms with Gasteiger partial charge in [0.15, 0.2) is 18.1 Å². The van der Waals surface area contributed by atoms with Gasteiger partial charge in [-0.3, -0.25) is 4.79 Å². The first-order valence-corrected chi connectivity index (χ1v) is 8.97. The molecular weight excluding hydrogens is 382 g/mol. The van der Waals surface area contributed by atoms with Gasteiger partial charge < -0.3 is 19.5 Å². The summed E-state index contributed by atoms with van der Waals surface area (Å²) in [5.74, 6) is 0.320. The number of carbonyl (C=O) groups excluding carboxylic acids is 2. The first-order valence-electron chi connectivity index (χ1n) is 8.60. The quantitative estimate of drug-likeness (QED) is 0.513. The fourth-order valence-electron chi connectivity index (χ4n) is 2.36. The van der Waals surface area contributed by atoms with Gasteiger partial charge in [0, 0.05) is 17.6 Å². The number of ether oxygens (including phenoxy) is 3. The van der Waals surface area contributed by atoms with E-state index in [1.165, 1.54) is 6.08 Å². The molecule has 0 aliphatic heterocycles. The zero-order valence-electron chi connectivity index (χ0n) is 15.7. The van der Waals surface area contributed by atoms with Crippen LogP contribution in [-0.4, -0.2) is 39.2 Å². The third-order valence-corrected chi connectivity index (χ3v) is 4.06. The lowest BCUT2D eigenvalue weighted by Gasteiger charge is -2.10. The maximum Gasteiger partial charge on any atom is 0.331 e. The molecular formula is C21H22ClNO5. The van der Waals surface area contributed by atoms with Gasteiger partial charge in [0.25, 0.3) is 5.91 Å². The van der Waals surface area contributed by atoms with Crippen molar-refractivity contribution in [1.82, 2.24) is 5.32 Å². The fraction of sp³-hybridized carbons (Fsp3) is 0.238. The average Bonchev–Trinajstić information content (AvgIpc) is 2.71. The molecule has 148 valence electrons. The van der Waals surface area contributed by atoms with Crippen LogP contribution in [0.15, 0.2) is 48.5 Å². The minimum Gasteiger partial charge on any atom is -0.493 e. The first-order chi connectivity index (χ1) is 13.5. The van der Waals surface area contributed by atoms with Crippen molar-refractivity contribution in [2.45, 2.75) is 6.42 Å². The third kappa shape index (κ3) is 6.96. The van der Waals surface area contributed by atoms with Crippen molar-refractivity contribution in [3.8, 4) is 11.5 Å². The highest BCUT2D eigenvalue weighted by atomic mass is 35.5. The van der Waals surface area contributed by atoms with E-state index in [1.54, 1.807) is 44.6 Å². The topological polar surface area (TPSA) is 73.9 Å². The zero-order valence-corrected chi connectivity index (χ0v) is 16.5. The highest BCUT2D eigenvalue weighted by Gasteiger charge is 2.07. The minimum atomic E-state index is -0.593. The molecule has 0 fully saturated rings. The Bertz CT molecular complexity index is 833. The van der Waals surface area contributed by atoms with Gasteiger partial charge in [0.2, 0.25) is 0 Å². The molecule has 0 radical (unpaired) electrons. The van der Waals surface area contributed by atoms with Crippen molar-refractivity contribution >= 4 is 29.6 Å². The monoisotopic (exact) mass is 403 g/mol. The lowest BCUT2D eigenvalue weighted by Crippen LogP contribution is -2.30. The van der Waals surface area contributed by atoms with Crippen molar-refractivity contribution in [2.75, 3.05) is 27.4 Å². The van der Waals surface area contributed by atoms with E-state index in [9.17, 15) is 9.59 Å². The second kappa shape index (κ2) is 11.0. The van der Waals surface area contributed by atoms with E-state index in [2.05, 4.69) is 5.32 Å². The Morgan fingerprint density at radius 3 is 2.43 bits per heavy atom. The number of halogens is 1. The molecule has 2 aromatic rings. The van der Waals surface area contributed by atoms with Gasteiger partial charge in [0.05, 0.1) is 14.2 Å². The zero-order chi connectivity index (χ0) is 20.4. The second-order valence-electron chi connectivity index (χ2n) is 5.78. The molecule has 0 aromatic heterocycles. The molecule has 0 atom stereocenters. The molecule has 0 aliphatic rings. The lowest BCUT2D eigenvalue weighted by molar-refractivity contribution is -0.143. The van der Waals surface area contributed by atoms with E-state index in [1.807, 2.05) is 18.2 Å². The van der Waals surface area contributed by atoms with Gasteiger partial charge in [-0.2, -0.15) is 0 Å². The van der Waals surface area contributed by atoms with Crippen LogP contribution >= 0.6 is 11.6 Å². The van der Waals surface area contributed by atoms with Gasteiger partial charge in [-0.25, -0.2) is 4.79 Å². The molecule has 2 aromatic carbocycles. The normalized spacial score (nSPS) is 10.5. The molecule has 0 unspecified atom stereocenters. The van der Waals surface area contributed by atoms with E-state index in [-0.39, 0.29) is 12.5 Å². The van der Waals surface area contributed by atoms with E-state index in [0.29, 0.717) is 29.5 Å². The maximum absolute atomic E-state index is 11.8. The summed E-state index contributed by atoms with van der Waals surface area (Å²) in [7, 11) is 3.14. The van der Waals surface area contributed by atoms with Gasteiger partial charge >= 0.3 is 5.97 Å². The summed E-state index contributed by atoms with van der Waals surface area (Å²) < 4.78 is 15.4. The standard InChI is InChI=1S/C21H22ClNO5/c1-26-18-9-5-16(13-19(18)27-2)11-12-23-20(24)14-28-21(25)10-6-15-3-7-17(22)8-4-15/h3-10,13H,11-12,14H2,1-2H3,(H,23,24)/b10-6+. The minimum absolute atomic E-state index is 0.338. The van der Waals surface area contributed by atoms with Crippen LogP contribution in [0.4, 0.5) is 0 Å². The number of amides is 1. The largest absolute Gasteiger partial charge is 0.493 e. The molecule has 2 rings (SSSR count). The smallest absolute Gasteiger partial charge is 0.331 e. The third-order valence-electron chi connectivity index (χ3n) is 3.81. The second-order valence-corrected chi connectivity index (χ2v) is 6.22. The van der Waals surface area contributed by atoms with Crippen molar-refractivity contribution in [2.24, 2.45) is 0 Å². The van der Waals surface area contributed by atoms with Gasteiger partial charge in [-0.15, -0.1) is 0 Å². The van der Waals surface area contributed by atoms with Crippen molar-refractivity contribution < 1.29 is 23.8 Å². The molecule has 0 heterocycles. The van der Waals surface area contributed by atoms with E-state index >= 15 is 0 Å². The van der Waals surface area contributed by atoms with Crippen LogP contribution < -0.4 is 14.8 Å². The molecule has 1 N–H and O–H groups in total. The predicted octanol–water partition coefficient (Wildman–Crippen LogP) is 3.27. The average molecular weight is 404 g/mol. The van der Waals surface area contributed by atoms with Gasteiger partial charge in [-0.1, -0.05) is 29.8 Å². The van der Waals surface area contributed by atoms with Gasteiger partial charge in [0.1, 0.15) is 0 Å². The highest BCUT2D eigenvalue weighted by Crippen LogP contribution is 2.27. The maximum atomic E-state index is 11.8. The predicted molar refractivity (Wildman–Crippen MR) is 108 cm³/mol. The van der Waals surface area contributed by atoms with Crippen LogP contribution in [0.25, 0.3) is 6.08 Å². The van der Waals surface area contributed by atoms with Crippen LogP contribution in [0.2, 0.25) is 5.02 Å². The number of hydrogen-bond donors (Lipinski definition) is 1. The number of nitrogens with one attached hydrogen (secondary N) is 1. The van der Waals surface area contributed by atoms with Gasteiger partial charge in [-0.05, 0) is 47.9 Å². The Labute approximate surface area is 169 Å². The summed E-state index contributed by atoms with van der Waals surface area (Å²) in [5.41, 5.74) is 1.79. The summed E-state index contributed by atoms with van der Waals surface area (Å²) >= 11 is 5.80.